The van der Waals surface area contributed by atoms with E-state index in [-0.39, 0.29) is 35.0 Å². The van der Waals surface area contributed by atoms with Gasteiger partial charge in [0.15, 0.2) is 0 Å². The van der Waals surface area contributed by atoms with E-state index in [1.165, 1.54) is 117 Å². The van der Waals surface area contributed by atoms with Crippen molar-refractivity contribution in [2.75, 3.05) is 0 Å². The van der Waals surface area contributed by atoms with Gasteiger partial charge in [0, 0.05) is 24.2 Å². The maximum absolute atomic E-state index is 15.2. The molecule has 10 rings (SSSR count). The van der Waals surface area contributed by atoms with Gasteiger partial charge < -0.3 is 0 Å². The molecule has 1 heterocycles. The van der Waals surface area contributed by atoms with Gasteiger partial charge in [-0.1, -0.05) is 264 Å². The van der Waals surface area contributed by atoms with Crippen LogP contribution < -0.4 is 5.30 Å². The predicted molar refractivity (Wildman–Crippen MR) is 324 cm³/mol. The van der Waals surface area contributed by atoms with Gasteiger partial charge in [-0.05, 0) is 154 Å². The first-order valence-corrected chi connectivity index (χ1v) is 29.0. The molecule has 75 heavy (non-hydrogen) atoms. The fourth-order valence-electron chi connectivity index (χ4n) is 12.2. The highest BCUT2D eigenvalue weighted by molar-refractivity contribution is 7.67. The van der Waals surface area contributed by atoms with Gasteiger partial charge in [0.25, 0.3) is 0 Å². The quantitative estimate of drug-likeness (QED) is 0.105. The van der Waals surface area contributed by atoms with Crippen LogP contribution in [0.3, 0.4) is 0 Å². The first-order valence-electron chi connectivity index (χ1n) is 27.5. The maximum Gasteiger partial charge on any atom is 0.134 e. The summed E-state index contributed by atoms with van der Waals surface area (Å²) in [5.41, 5.74) is 25.6. The monoisotopic (exact) mass is 997 g/mol. The molecular weight excluding hydrogens is 924 g/mol. The number of hydrogen-bond acceptors (Lipinski definition) is 1. The fraction of sp³-hybridized carbons (Fsp3) is 0.247. The Morgan fingerprint density at radius 1 is 0.347 bits per heavy atom. The van der Waals surface area contributed by atoms with Crippen molar-refractivity contribution in [3.8, 4) is 66.8 Å². The van der Waals surface area contributed by atoms with Crippen LogP contribution in [-0.2, 0) is 4.79 Å². The number of rotatable bonds is 13. The zero-order valence-electron chi connectivity index (χ0n) is 45.8. The molecule has 0 aromatic heterocycles. The van der Waals surface area contributed by atoms with Crippen LogP contribution in [0.4, 0.5) is 0 Å². The normalized spacial score (nSPS) is 15.9. The smallest absolute Gasteiger partial charge is 0.134 e. The van der Waals surface area contributed by atoms with E-state index in [0.717, 1.165) is 0 Å². The molecule has 0 N–H and O–H groups in total. The molecule has 0 aliphatic carbocycles. The summed E-state index contributed by atoms with van der Waals surface area (Å²) in [6.07, 6.45) is 0.960. The molecule has 1 nitrogen and oxygen atoms in total. The van der Waals surface area contributed by atoms with Crippen molar-refractivity contribution in [1.82, 2.24) is 0 Å². The molecule has 1 aliphatic heterocycles. The summed E-state index contributed by atoms with van der Waals surface area (Å²) in [4.78, 5) is 15.2. The first-order chi connectivity index (χ1) is 36.3. The molecule has 0 spiro atoms. The maximum atomic E-state index is 15.2. The Labute approximate surface area is 449 Å². The molecule has 9 aromatic carbocycles. The topological polar surface area (TPSA) is 17.1 Å². The van der Waals surface area contributed by atoms with Crippen molar-refractivity contribution >= 4 is 19.0 Å². The second-order valence-corrected chi connectivity index (χ2v) is 24.8. The van der Waals surface area contributed by atoms with Gasteiger partial charge in [0.2, 0.25) is 0 Å². The number of ketones is 1. The van der Waals surface area contributed by atoms with E-state index in [9.17, 15) is 0 Å². The lowest BCUT2D eigenvalue weighted by Crippen LogP contribution is -2.27. The van der Waals surface area contributed by atoms with Crippen LogP contribution in [0, 0.1) is 13.8 Å². The second-order valence-electron chi connectivity index (χ2n) is 22.3. The summed E-state index contributed by atoms with van der Waals surface area (Å²) < 4.78 is 0. The molecule has 0 radical (unpaired) electrons. The van der Waals surface area contributed by atoms with Crippen molar-refractivity contribution in [2.45, 2.75) is 117 Å². The van der Waals surface area contributed by atoms with Crippen molar-refractivity contribution < 1.29 is 4.79 Å². The molecule has 376 valence electrons. The molecule has 0 bridgehead atoms. The minimum Gasteiger partial charge on any atom is -0.300 e. The molecule has 0 saturated carbocycles. The van der Waals surface area contributed by atoms with Gasteiger partial charge in [-0.2, -0.15) is 0 Å². The minimum absolute atomic E-state index is 0.0844. The number of benzene rings is 9. The zero-order valence-corrected chi connectivity index (χ0v) is 46.7. The van der Waals surface area contributed by atoms with Gasteiger partial charge in [0.1, 0.15) is 5.78 Å². The van der Waals surface area contributed by atoms with Crippen molar-refractivity contribution in [3.05, 3.63) is 245 Å². The van der Waals surface area contributed by atoms with Gasteiger partial charge in [-0.25, -0.2) is 0 Å². The molecule has 2 heteroatoms. The SMILES string of the molecule is Cc1ccccc1-c1cc(C(C)C)c(-c2cccc(-c3c(C(C)C)cc(-c4ccccc4C)cc3C(C)C)c2P2C(c3ccccc3-c3ccccc3)CC(=O)CC2c2ccccc2-c2ccccc2)c(C(C)C)c1. The number of carbonyl (C=O) groups is 1. The van der Waals surface area contributed by atoms with E-state index < -0.39 is 7.92 Å². The van der Waals surface area contributed by atoms with Crippen LogP contribution in [-0.4, -0.2) is 5.78 Å². The van der Waals surface area contributed by atoms with Crippen molar-refractivity contribution in [1.29, 1.82) is 0 Å². The standard InChI is InChI=1S/C73H73OP/c1-46(2)65-40-54(57-32-19-17-26-50(57)9)41-66(47(3)4)71(65)63-38-25-39-64(72-67(48(5)6)42-55(43-68(72)49(7)8)58-33-20-18-27-51(58)10)73(63)75-69(61-36-23-21-34-59(61)52-28-13-11-14-29-52)44-56(74)45-70(75)62-37-24-22-35-60(62)53-30-15-12-16-31-53/h11-43,46-49,69-70H,44-45H2,1-10H3. The third-order valence-corrected chi connectivity index (χ3v) is 19.2. The molecule has 9 aromatic rings. The average molecular weight is 997 g/mol. The largest absolute Gasteiger partial charge is 0.300 e. The van der Waals surface area contributed by atoms with Crippen molar-refractivity contribution in [3.63, 3.8) is 0 Å². The lowest BCUT2D eigenvalue weighted by atomic mass is 9.79. The van der Waals surface area contributed by atoms with Gasteiger partial charge in [-0.15, -0.1) is 0 Å². The Morgan fingerprint density at radius 3 is 1.00 bits per heavy atom. The highest BCUT2D eigenvalue weighted by Crippen LogP contribution is 2.70. The van der Waals surface area contributed by atoms with E-state index in [1.54, 1.807) is 0 Å². The predicted octanol–water partition coefficient (Wildman–Crippen LogP) is 20.8. The summed E-state index contributed by atoms with van der Waals surface area (Å²) in [7, 11) is -1.24. The molecule has 1 fully saturated rings. The Balaban J connectivity index is 1.39. The second kappa shape index (κ2) is 22.1. The average Bonchev–Trinajstić information content (AvgIpc) is 3.46. The zero-order chi connectivity index (χ0) is 52.5. The molecule has 0 amide bonds. The highest BCUT2D eigenvalue weighted by atomic mass is 31.1. The molecule has 2 atom stereocenters. The summed E-state index contributed by atoms with van der Waals surface area (Å²) in [6.45, 7) is 23.6. The van der Waals surface area contributed by atoms with Gasteiger partial charge in [-0.3, -0.25) is 4.79 Å². The number of hydrogen-bond donors (Lipinski definition) is 0. The Morgan fingerprint density at radius 2 is 0.653 bits per heavy atom. The molecule has 1 saturated heterocycles. The summed E-state index contributed by atoms with van der Waals surface area (Å²) in [5.74, 6) is 1.25. The summed E-state index contributed by atoms with van der Waals surface area (Å²) in [5, 5.41) is 1.42. The lowest BCUT2D eigenvalue weighted by molar-refractivity contribution is -0.119. The Hall–Kier alpha value is -6.92. The van der Waals surface area contributed by atoms with Crippen LogP contribution in [0.1, 0.15) is 148 Å². The van der Waals surface area contributed by atoms with Gasteiger partial charge in [0.05, 0.1) is 0 Å². The first kappa shape index (κ1) is 51.6. The summed E-state index contributed by atoms with van der Waals surface area (Å²) >= 11 is 0. The number of aryl methyl sites for hydroxylation is 2. The molecule has 1 aliphatic rings. The van der Waals surface area contributed by atoms with E-state index in [1.807, 2.05) is 0 Å². The Bertz CT molecular complexity index is 3220. The minimum atomic E-state index is -1.24. The van der Waals surface area contributed by atoms with Crippen LogP contribution in [0.5, 0.6) is 0 Å². The third-order valence-electron chi connectivity index (χ3n) is 16.0. The third kappa shape index (κ3) is 10.2. The molecule has 2 unspecified atom stereocenters. The van der Waals surface area contributed by atoms with E-state index >= 15 is 4.79 Å². The number of Topliss-reactive ketones (excluding diaryl/α,β-unsaturated/α-hetero) is 1. The Kier molecular flexibility index (Phi) is 15.2. The van der Waals surface area contributed by atoms with E-state index in [2.05, 4.69) is 269 Å². The fourth-order valence-corrected chi connectivity index (χ4v) is 16.1. The van der Waals surface area contributed by atoms with Crippen LogP contribution in [0.2, 0.25) is 0 Å². The summed E-state index contributed by atoms with van der Waals surface area (Å²) in [6, 6.07) is 75.0. The van der Waals surface area contributed by atoms with Crippen LogP contribution in [0.15, 0.2) is 200 Å². The van der Waals surface area contributed by atoms with Gasteiger partial charge >= 0.3 is 0 Å². The van der Waals surface area contributed by atoms with Crippen LogP contribution in [0.25, 0.3) is 66.8 Å². The van der Waals surface area contributed by atoms with Crippen LogP contribution >= 0.6 is 7.92 Å². The number of carbonyl (C=O) groups excluding carboxylic acids is 1. The van der Waals surface area contributed by atoms with Crippen molar-refractivity contribution in [2.24, 2.45) is 0 Å². The highest BCUT2D eigenvalue weighted by Gasteiger charge is 2.44. The lowest BCUT2D eigenvalue weighted by Gasteiger charge is -2.43. The van der Waals surface area contributed by atoms with E-state index in [4.69, 9.17) is 0 Å². The molecular formula is C73H73OP. The van der Waals surface area contributed by atoms with E-state index in [0.29, 0.717) is 18.6 Å².